The van der Waals surface area contributed by atoms with Crippen LogP contribution in [-0.2, 0) is 4.74 Å². The fourth-order valence-electron chi connectivity index (χ4n) is 2.24. The molecule has 0 radical (unpaired) electrons. The third-order valence-corrected chi connectivity index (χ3v) is 3.39. The fraction of sp³-hybridized carbons (Fsp3) is 0.533. The molecule has 0 bridgehead atoms. The van der Waals surface area contributed by atoms with Crippen LogP contribution < -0.4 is 5.32 Å². The molecule has 2 unspecified atom stereocenters. The second-order valence-electron chi connectivity index (χ2n) is 4.97. The van der Waals surface area contributed by atoms with Gasteiger partial charge in [0.1, 0.15) is 6.10 Å². The molecular weight excluding hydrogens is 240 g/mol. The quantitative estimate of drug-likeness (QED) is 0.909. The molecule has 0 aliphatic carbocycles. The number of morpholine rings is 1. The SMILES string of the molecule is CCCNC(=O)N1CC(c2ccccc2)OCC1C. The predicted molar refractivity (Wildman–Crippen MR) is 75.0 cm³/mol. The summed E-state index contributed by atoms with van der Waals surface area (Å²) >= 11 is 0. The van der Waals surface area contributed by atoms with Crippen LogP contribution >= 0.6 is 0 Å². The molecule has 1 N–H and O–H groups in total. The molecule has 4 heteroatoms. The van der Waals surface area contributed by atoms with Crippen molar-refractivity contribution in [1.82, 2.24) is 10.2 Å². The molecule has 1 saturated heterocycles. The van der Waals surface area contributed by atoms with Gasteiger partial charge in [-0.15, -0.1) is 0 Å². The maximum Gasteiger partial charge on any atom is 0.317 e. The lowest BCUT2D eigenvalue weighted by Crippen LogP contribution is -2.52. The first-order chi connectivity index (χ1) is 9.22. The summed E-state index contributed by atoms with van der Waals surface area (Å²) in [5.74, 6) is 0. The summed E-state index contributed by atoms with van der Waals surface area (Å²) < 4.78 is 5.84. The number of rotatable bonds is 3. The van der Waals surface area contributed by atoms with Gasteiger partial charge in [-0.25, -0.2) is 4.79 Å². The van der Waals surface area contributed by atoms with Gasteiger partial charge in [-0.1, -0.05) is 37.3 Å². The minimum Gasteiger partial charge on any atom is -0.370 e. The molecule has 104 valence electrons. The maximum absolute atomic E-state index is 12.1. The largest absolute Gasteiger partial charge is 0.370 e. The molecule has 0 spiro atoms. The maximum atomic E-state index is 12.1. The van der Waals surface area contributed by atoms with Crippen LogP contribution in [0.3, 0.4) is 0 Å². The highest BCUT2D eigenvalue weighted by molar-refractivity contribution is 5.74. The Morgan fingerprint density at radius 2 is 2.16 bits per heavy atom. The highest BCUT2D eigenvalue weighted by Gasteiger charge is 2.30. The lowest BCUT2D eigenvalue weighted by molar-refractivity contribution is -0.0427. The molecule has 1 aliphatic rings. The van der Waals surface area contributed by atoms with Crippen LogP contribution in [0.2, 0.25) is 0 Å². The molecule has 1 heterocycles. The zero-order valence-electron chi connectivity index (χ0n) is 11.6. The lowest BCUT2D eigenvalue weighted by atomic mass is 10.1. The van der Waals surface area contributed by atoms with Gasteiger partial charge in [0.25, 0.3) is 0 Å². The molecule has 1 aromatic carbocycles. The third kappa shape index (κ3) is 3.47. The van der Waals surface area contributed by atoms with Crippen LogP contribution in [0.25, 0.3) is 0 Å². The topological polar surface area (TPSA) is 41.6 Å². The van der Waals surface area contributed by atoms with E-state index in [0.29, 0.717) is 13.2 Å². The zero-order valence-corrected chi connectivity index (χ0v) is 11.6. The molecule has 19 heavy (non-hydrogen) atoms. The molecule has 0 aromatic heterocycles. The van der Waals surface area contributed by atoms with Gasteiger partial charge < -0.3 is 15.0 Å². The summed E-state index contributed by atoms with van der Waals surface area (Å²) in [5.41, 5.74) is 1.13. The van der Waals surface area contributed by atoms with E-state index in [1.54, 1.807) is 0 Å². The van der Waals surface area contributed by atoms with Crippen molar-refractivity contribution in [2.75, 3.05) is 19.7 Å². The summed E-state index contributed by atoms with van der Waals surface area (Å²) in [7, 11) is 0. The van der Waals surface area contributed by atoms with Gasteiger partial charge in [-0.2, -0.15) is 0 Å². The summed E-state index contributed by atoms with van der Waals surface area (Å²) in [6.07, 6.45) is 0.928. The summed E-state index contributed by atoms with van der Waals surface area (Å²) in [5, 5.41) is 2.94. The number of ether oxygens (including phenoxy) is 1. The van der Waals surface area contributed by atoms with Crippen molar-refractivity contribution >= 4 is 6.03 Å². The molecule has 2 amide bonds. The molecule has 2 atom stereocenters. The van der Waals surface area contributed by atoms with E-state index in [1.807, 2.05) is 42.2 Å². The van der Waals surface area contributed by atoms with Crippen molar-refractivity contribution in [3.05, 3.63) is 35.9 Å². The smallest absolute Gasteiger partial charge is 0.317 e. The number of amides is 2. The number of carbonyl (C=O) groups excluding carboxylic acids is 1. The Morgan fingerprint density at radius 3 is 2.84 bits per heavy atom. The van der Waals surface area contributed by atoms with Crippen LogP contribution in [0, 0.1) is 0 Å². The van der Waals surface area contributed by atoms with E-state index in [-0.39, 0.29) is 18.2 Å². The standard InChI is InChI=1S/C15H22N2O2/c1-3-9-16-15(18)17-10-14(19-11-12(17)2)13-7-5-4-6-8-13/h4-8,12,14H,3,9-11H2,1-2H3,(H,16,18). The zero-order chi connectivity index (χ0) is 13.7. The molecule has 0 saturated carbocycles. The molecular formula is C15H22N2O2. The monoisotopic (exact) mass is 262 g/mol. The van der Waals surface area contributed by atoms with E-state index in [2.05, 4.69) is 12.2 Å². The molecule has 1 fully saturated rings. The number of nitrogens with one attached hydrogen (secondary N) is 1. The second-order valence-corrected chi connectivity index (χ2v) is 4.97. The molecule has 1 aliphatic heterocycles. The number of hydrogen-bond donors (Lipinski definition) is 1. The van der Waals surface area contributed by atoms with E-state index in [9.17, 15) is 4.79 Å². The van der Waals surface area contributed by atoms with E-state index in [1.165, 1.54) is 0 Å². The van der Waals surface area contributed by atoms with Crippen LogP contribution in [0.1, 0.15) is 31.9 Å². The molecule has 2 rings (SSSR count). The Balaban J connectivity index is 2.02. The average molecular weight is 262 g/mol. The Kier molecular flexibility index (Phi) is 4.80. The van der Waals surface area contributed by atoms with Gasteiger partial charge in [0.05, 0.1) is 19.2 Å². The van der Waals surface area contributed by atoms with Crippen molar-refractivity contribution < 1.29 is 9.53 Å². The Hall–Kier alpha value is -1.55. The van der Waals surface area contributed by atoms with Crippen molar-refractivity contribution in [3.8, 4) is 0 Å². The van der Waals surface area contributed by atoms with E-state index in [4.69, 9.17) is 4.74 Å². The van der Waals surface area contributed by atoms with Crippen LogP contribution in [0.15, 0.2) is 30.3 Å². The van der Waals surface area contributed by atoms with E-state index < -0.39 is 0 Å². The van der Waals surface area contributed by atoms with Crippen LogP contribution in [0.4, 0.5) is 4.79 Å². The Morgan fingerprint density at radius 1 is 1.42 bits per heavy atom. The second kappa shape index (κ2) is 6.57. The highest BCUT2D eigenvalue weighted by Crippen LogP contribution is 2.24. The fourth-order valence-corrected chi connectivity index (χ4v) is 2.24. The summed E-state index contributed by atoms with van der Waals surface area (Å²) in [6.45, 7) is 5.99. The number of benzene rings is 1. The summed E-state index contributed by atoms with van der Waals surface area (Å²) in [4.78, 5) is 14.0. The van der Waals surface area contributed by atoms with Gasteiger partial charge in [0.15, 0.2) is 0 Å². The van der Waals surface area contributed by atoms with Gasteiger partial charge in [0.2, 0.25) is 0 Å². The van der Waals surface area contributed by atoms with Gasteiger partial charge in [0, 0.05) is 6.54 Å². The average Bonchev–Trinajstić information content (AvgIpc) is 2.46. The van der Waals surface area contributed by atoms with Crippen molar-refractivity contribution in [2.45, 2.75) is 32.4 Å². The van der Waals surface area contributed by atoms with Crippen molar-refractivity contribution in [2.24, 2.45) is 0 Å². The molecule has 1 aromatic rings. The van der Waals surface area contributed by atoms with Crippen LogP contribution in [-0.4, -0.2) is 36.7 Å². The first-order valence-corrected chi connectivity index (χ1v) is 6.93. The van der Waals surface area contributed by atoms with Gasteiger partial charge in [-0.3, -0.25) is 0 Å². The van der Waals surface area contributed by atoms with Crippen LogP contribution in [0.5, 0.6) is 0 Å². The predicted octanol–water partition coefficient (Wildman–Crippen LogP) is 2.57. The normalized spacial score (nSPS) is 23.2. The first kappa shape index (κ1) is 13.9. The van der Waals surface area contributed by atoms with Crippen molar-refractivity contribution in [1.29, 1.82) is 0 Å². The minimum atomic E-state index is -0.0234. The van der Waals surface area contributed by atoms with E-state index in [0.717, 1.165) is 18.5 Å². The van der Waals surface area contributed by atoms with E-state index >= 15 is 0 Å². The Labute approximate surface area is 114 Å². The van der Waals surface area contributed by atoms with Gasteiger partial charge in [-0.05, 0) is 18.9 Å². The van der Waals surface area contributed by atoms with Gasteiger partial charge >= 0.3 is 6.03 Å². The first-order valence-electron chi connectivity index (χ1n) is 6.93. The lowest BCUT2D eigenvalue weighted by Gasteiger charge is -2.38. The number of hydrogen-bond acceptors (Lipinski definition) is 2. The Bertz CT molecular complexity index is 408. The minimum absolute atomic E-state index is 0.0126. The molecule has 4 nitrogen and oxygen atoms in total. The number of urea groups is 1. The number of nitrogens with zero attached hydrogens (tertiary/aromatic N) is 1. The highest BCUT2D eigenvalue weighted by atomic mass is 16.5. The van der Waals surface area contributed by atoms with Crippen molar-refractivity contribution in [3.63, 3.8) is 0 Å². The number of carbonyl (C=O) groups is 1. The summed E-state index contributed by atoms with van der Waals surface area (Å²) in [6, 6.07) is 10.2. The third-order valence-electron chi connectivity index (χ3n) is 3.39.